The lowest BCUT2D eigenvalue weighted by atomic mass is 10.3. The van der Waals surface area contributed by atoms with Crippen LogP contribution in [0.1, 0.15) is 6.92 Å². The Morgan fingerprint density at radius 3 is 2.46 bits per heavy atom. The van der Waals surface area contributed by atoms with Crippen LogP contribution in [0, 0.1) is 0 Å². The van der Waals surface area contributed by atoms with Gasteiger partial charge >= 0.3 is 0 Å². The molecule has 1 fully saturated rings. The second kappa shape index (κ2) is 5.56. The van der Waals surface area contributed by atoms with Gasteiger partial charge in [-0.25, -0.2) is 0 Å². The summed E-state index contributed by atoms with van der Waals surface area (Å²) >= 11 is 0. The van der Waals surface area contributed by atoms with Crippen molar-refractivity contribution in [3.63, 3.8) is 0 Å². The van der Waals surface area contributed by atoms with Crippen LogP contribution >= 0.6 is 0 Å². The molecule has 2 rings (SSSR count). The van der Waals surface area contributed by atoms with Crippen molar-refractivity contribution >= 4 is 0 Å². The first-order chi connectivity index (χ1) is 6.36. The fourth-order valence-corrected chi connectivity index (χ4v) is 0.758. The largest absolute Gasteiger partial charge is 0.462 e. The molecule has 1 aromatic rings. The van der Waals surface area contributed by atoms with Gasteiger partial charge in [0.15, 0.2) is 0 Å². The SMILES string of the molecule is CCO.c1ccc(OC2CO2)cc1. The Kier molecular flexibility index (Phi) is 4.29. The molecule has 1 aliphatic heterocycles. The Bertz CT molecular complexity index is 219. The van der Waals surface area contributed by atoms with Gasteiger partial charge in [-0.1, -0.05) is 18.2 Å². The summed E-state index contributed by atoms with van der Waals surface area (Å²) in [6.45, 7) is 2.66. The second-order valence-corrected chi connectivity index (χ2v) is 2.51. The van der Waals surface area contributed by atoms with Crippen molar-refractivity contribution in [2.45, 2.75) is 13.2 Å². The predicted molar refractivity (Wildman–Crippen MR) is 49.6 cm³/mol. The van der Waals surface area contributed by atoms with E-state index in [4.69, 9.17) is 14.6 Å². The Hall–Kier alpha value is -1.06. The number of hydrogen-bond donors (Lipinski definition) is 1. The van der Waals surface area contributed by atoms with Crippen LogP contribution in [0.2, 0.25) is 0 Å². The molecule has 3 heteroatoms. The van der Waals surface area contributed by atoms with E-state index in [1.54, 1.807) is 6.92 Å². The number of aliphatic hydroxyl groups excluding tert-OH is 1. The van der Waals surface area contributed by atoms with E-state index in [0.717, 1.165) is 12.4 Å². The standard InChI is InChI=1S/C8H8O2.C2H6O/c1-2-4-7(5-3-1)10-8-6-9-8;1-2-3/h1-5,8H,6H2;3H,2H2,1H3. The van der Waals surface area contributed by atoms with Gasteiger partial charge in [0, 0.05) is 6.61 Å². The highest BCUT2D eigenvalue weighted by Crippen LogP contribution is 2.17. The molecule has 1 N–H and O–H groups in total. The summed E-state index contributed by atoms with van der Waals surface area (Å²) in [5, 5.41) is 7.57. The van der Waals surface area contributed by atoms with Crippen LogP contribution in [0.25, 0.3) is 0 Å². The first kappa shape index (κ1) is 10.0. The Morgan fingerprint density at radius 2 is 2.00 bits per heavy atom. The quantitative estimate of drug-likeness (QED) is 0.703. The molecule has 13 heavy (non-hydrogen) atoms. The zero-order valence-electron chi connectivity index (χ0n) is 7.64. The molecule has 0 bridgehead atoms. The lowest BCUT2D eigenvalue weighted by molar-refractivity contribution is 0.179. The van der Waals surface area contributed by atoms with E-state index in [-0.39, 0.29) is 12.9 Å². The summed E-state index contributed by atoms with van der Waals surface area (Å²) in [7, 11) is 0. The van der Waals surface area contributed by atoms with Crippen molar-refractivity contribution in [1.29, 1.82) is 0 Å². The van der Waals surface area contributed by atoms with Gasteiger partial charge in [-0.2, -0.15) is 0 Å². The van der Waals surface area contributed by atoms with Crippen molar-refractivity contribution in [1.82, 2.24) is 0 Å². The number of ether oxygens (including phenoxy) is 2. The van der Waals surface area contributed by atoms with Gasteiger partial charge in [-0.15, -0.1) is 0 Å². The van der Waals surface area contributed by atoms with Crippen LogP contribution in [-0.4, -0.2) is 24.6 Å². The van der Waals surface area contributed by atoms with E-state index in [1.807, 2.05) is 30.3 Å². The van der Waals surface area contributed by atoms with Crippen LogP contribution in [0.5, 0.6) is 5.75 Å². The van der Waals surface area contributed by atoms with Crippen molar-refractivity contribution in [2.24, 2.45) is 0 Å². The minimum Gasteiger partial charge on any atom is -0.462 e. The summed E-state index contributed by atoms with van der Waals surface area (Å²) in [5.74, 6) is 0.880. The monoisotopic (exact) mass is 182 g/mol. The molecule has 1 aromatic carbocycles. The molecule has 1 aliphatic rings. The van der Waals surface area contributed by atoms with Crippen molar-refractivity contribution < 1.29 is 14.6 Å². The van der Waals surface area contributed by atoms with Gasteiger partial charge in [-0.3, -0.25) is 0 Å². The van der Waals surface area contributed by atoms with Crippen LogP contribution < -0.4 is 4.74 Å². The maximum atomic E-state index is 7.57. The fourth-order valence-electron chi connectivity index (χ4n) is 0.758. The van der Waals surface area contributed by atoms with Gasteiger partial charge in [0.25, 0.3) is 0 Å². The first-order valence-electron chi connectivity index (χ1n) is 4.31. The highest BCUT2D eigenvalue weighted by molar-refractivity contribution is 5.21. The minimum absolute atomic E-state index is 0.0161. The van der Waals surface area contributed by atoms with E-state index < -0.39 is 0 Å². The number of rotatable bonds is 2. The normalized spacial score (nSPS) is 18.5. The highest BCUT2D eigenvalue weighted by atomic mass is 16.8. The van der Waals surface area contributed by atoms with Crippen molar-refractivity contribution in [2.75, 3.05) is 13.2 Å². The predicted octanol–water partition coefficient (Wildman–Crippen LogP) is 1.42. The third kappa shape index (κ3) is 4.50. The molecular formula is C10H14O3. The Morgan fingerprint density at radius 1 is 1.46 bits per heavy atom. The third-order valence-corrected chi connectivity index (χ3v) is 1.31. The summed E-state index contributed by atoms with van der Waals surface area (Å²) in [5.41, 5.74) is 0. The van der Waals surface area contributed by atoms with Crippen LogP contribution in [0.4, 0.5) is 0 Å². The van der Waals surface area contributed by atoms with Crippen LogP contribution in [0.15, 0.2) is 30.3 Å². The lowest BCUT2D eigenvalue weighted by Crippen LogP contribution is -1.96. The molecule has 0 aliphatic carbocycles. The van der Waals surface area contributed by atoms with Crippen molar-refractivity contribution in [3.8, 4) is 5.75 Å². The van der Waals surface area contributed by atoms with Crippen LogP contribution in [-0.2, 0) is 4.74 Å². The Balaban J connectivity index is 0.000000251. The molecular weight excluding hydrogens is 168 g/mol. The molecule has 0 amide bonds. The fraction of sp³-hybridized carbons (Fsp3) is 0.400. The minimum atomic E-state index is 0.0161. The van der Waals surface area contributed by atoms with Gasteiger partial charge in [-0.05, 0) is 19.1 Å². The average Bonchev–Trinajstić information content (AvgIpc) is 2.92. The summed E-state index contributed by atoms with van der Waals surface area (Å²) in [4.78, 5) is 0. The van der Waals surface area contributed by atoms with E-state index in [1.165, 1.54) is 0 Å². The molecule has 72 valence electrons. The molecule has 0 spiro atoms. The number of epoxide rings is 1. The molecule has 0 saturated carbocycles. The van der Waals surface area contributed by atoms with Crippen molar-refractivity contribution in [3.05, 3.63) is 30.3 Å². The molecule has 3 nitrogen and oxygen atoms in total. The lowest BCUT2D eigenvalue weighted by Gasteiger charge is -1.98. The zero-order valence-corrected chi connectivity index (χ0v) is 7.64. The summed E-state index contributed by atoms with van der Waals surface area (Å²) < 4.78 is 10.2. The van der Waals surface area contributed by atoms with Gasteiger partial charge < -0.3 is 14.6 Å². The number of para-hydroxylation sites is 1. The molecule has 1 unspecified atom stereocenters. The summed E-state index contributed by atoms with van der Waals surface area (Å²) in [6, 6.07) is 9.68. The molecule has 1 atom stereocenters. The van der Waals surface area contributed by atoms with E-state index in [0.29, 0.717) is 0 Å². The van der Waals surface area contributed by atoms with Gasteiger partial charge in [0.1, 0.15) is 12.4 Å². The van der Waals surface area contributed by atoms with E-state index >= 15 is 0 Å². The third-order valence-electron chi connectivity index (χ3n) is 1.31. The first-order valence-corrected chi connectivity index (χ1v) is 4.31. The van der Waals surface area contributed by atoms with Crippen LogP contribution in [0.3, 0.4) is 0 Å². The molecule has 1 saturated heterocycles. The zero-order chi connectivity index (χ0) is 9.52. The topological polar surface area (TPSA) is 42.0 Å². The molecule has 0 aromatic heterocycles. The number of benzene rings is 1. The average molecular weight is 182 g/mol. The molecule has 1 heterocycles. The number of aliphatic hydroxyl groups is 1. The van der Waals surface area contributed by atoms with E-state index in [9.17, 15) is 0 Å². The van der Waals surface area contributed by atoms with Gasteiger partial charge in [0.2, 0.25) is 6.29 Å². The Labute approximate surface area is 77.9 Å². The maximum absolute atomic E-state index is 7.57. The maximum Gasteiger partial charge on any atom is 0.223 e. The number of hydrogen-bond acceptors (Lipinski definition) is 3. The van der Waals surface area contributed by atoms with E-state index in [2.05, 4.69) is 0 Å². The second-order valence-electron chi connectivity index (χ2n) is 2.51. The summed E-state index contributed by atoms with van der Waals surface area (Å²) in [6.07, 6.45) is 0.0161. The smallest absolute Gasteiger partial charge is 0.223 e. The highest BCUT2D eigenvalue weighted by Gasteiger charge is 2.24. The molecule has 0 radical (unpaired) electrons. The van der Waals surface area contributed by atoms with Gasteiger partial charge in [0.05, 0.1) is 0 Å².